The van der Waals surface area contributed by atoms with E-state index in [0.717, 1.165) is 0 Å². The van der Waals surface area contributed by atoms with Gasteiger partial charge in [0, 0.05) is 24.4 Å². The van der Waals surface area contributed by atoms with E-state index in [1.807, 2.05) is 0 Å². The molecule has 0 aliphatic heterocycles. The number of aromatic hydroxyl groups is 1. The van der Waals surface area contributed by atoms with Gasteiger partial charge in [0.05, 0.1) is 5.52 Å². The summed E-state index contributed by atoms with van der Waals surface area (Å²) in [5, 5.41) is 18.8. The van der Waals surface area contributed by atoms with E-state index in [1.54, 1.807) is 0 Å². The summed E-state index contributed by atoms with van der Waals surface area (Å²) in [5.41, 5.74) is 0.620. The first-order valence-electron chi connectivity index (χ1n) is 4.02. The molecular formula is C9H7NO4S. The number of hydrogen-bond acceptors (Lipinski definition) is 4. The van der Waals surface area contributed by atoms with Gasteiger partial charge in [-0.25, -0.2) is 4.79 Å². The Hall–Kier alpha value is -1.82. The summed E-state index contributed by atoms with van der Waals surface area (Å²) in [6.07, 6.45) is 0. The Kier molecular flexibility index (Phi) is 2.20. The van der Waals surface area contributed by atoms with Crippen LogP contribution in [0.1, 0.15) is 10.5 Å². The van der Waals surface area contributed by atoms with E-state index in [0.29, 0.717) is 10.9 Å². The topological polar surface area (TPSA) is 82.6 Å². The number of carboxylic acid groups (broad SMARTS) is 1. The number of fused-ring (bicyclic) bond motifs is 1. The van der Waals surface area contributed by atoms with Gasteiger partial charge in [0.2, 0.25) is 0 Å². The van der Waals surface area contributed by atoms with Gasteiger partial charge in [-0.3, -0.25) is 0 Å². The first-order chi connectivity index (χ1) is 7.11. The lowest BCUT2D eigenvalue weighted by molar-refractivity contribution is 0.0691. The van der Waals surface area contributed by atoms with Crippen LogP contribution in [0.15, 0.2) is 18.2 Å². The van der Waals surface area contributed by atoms with Crippen molar-refractivity contribution in [2.24, 2.45) is 0 Å². The quantitative estimate of drug-likeness (QED) is 0.464. The molecule has 78 valence electrons. The third-order valence-corrected chi connectivity index (χ3v) is 2.23. The maximum absolute atomic E-state index is 10.7. The lowest BCUT2D eigenvalue weighted by Crippen LogP contribution is -1.94. The van der Waals surface area contributed by atoms with E-state index in [9.17, 15) is 9.90 Å². The highest BCUT2D eigenvalue weighted by Gasteiger charge is 2.10. The Bertz CT molecular complexity index is 534. The highest BCUT2D eigenvalue weighted by atomic mass is 32.1. The van der Waals surface area contributed by atoms with Crippen molar-refractivity contribution in [2.45, 2.75) is 0 Å². The van der Waals surface area contributed by atoms with Crippen LogP contribution in [-0.2, 0) is 0 Å². The van der Waals surface area contributed by atoms with Crippen molar-refractivity contribution in [2.75, 3.05) is 0 Å². The second kappa shape index (κ2) is 3.39. The maximum Gasteiger partial charge on any atom is 0.352 e. The molecule has 2 rings (SSSR count). The summed E-state index contributed by atoms with van der Waals surface area (Å²) < 4.78 is 4.60. The summed E-state index contributed by atoms with van der Waals surface area (Å²) in [7, 11) is 0. The van der Waals surface area contributed by atoms with Gasteiger partial charge in [0.25, 0.3) is 0 Å². The molecule has 6 heteroatoms. The van der Waals surface area contributed by atoms with Gasteiger partial charge in [-0.1, -0.05) is 0 Å². The summed E-state index contributed by atoms with van der Waals surface area (Å²) in [6.45, 7) is 0. The third kappa shape index (κ3) is 1.59. The van der Waals surface area contributed by atoms with Gasteiger partial charge in [0.15, 0.2) is 11.5 Å². The number of aromatic amines is 1. The van der Waals surface area contributed by atoms with Crippen LogP contribution < -0.4 is 4.18 Å². The molecule has 0 amide bonds. The smallest absolute Gasteiger partial charge is 0.352 e. The van der Waals surface area contributed by atoms with E-state index in [1.165, 1.54) is 18.2 Å². The Balaban J connectivity index is 2.66. The minimum absolute atomic E-state index is 0.0562. The molecule has 2 aromatic rings. The van der Waals surface area contributed by atoms with Gasteiger partial charge in [-0.15, -0.1) is 0 Å². The van der Waals surface area contributed by atoms with Crippen LogP contribution in [0, 0.1) is 0 Å². The number of carboxylic acids is 1. The molecule has 0 bridgehead atoms. The first-order valence-corrected chi connectivity index (χ1v) is 4.39. The van der Waals surface area contributed by atoms with E-state index in [2.05, 4.69) is 22.1 Å². The summed E-state index contributed by atoms with van der Waals surface area (Å²) in [5.74, 6) is -0.975. The van der Waals surface area contributed by atoms with Crippen molar-refractivity contribution >= 4 is 29.8 Å². The van der Waals surface area contributed by atoms with Crippen LogP contribution in [0.5, 0.6) is 11.5 Å². The number of phenols is 1. The number of aromatic carboxylic acids is 1. The molecule has 0 spiro atoms. The zero-order chi connectivity index (χ0) is 11.0. The fourth-order valence-corrected chi connectivity index (χ4v) is 1.48. The number of hydrogen-bond donors (Lipinski definition) is 4. The molecule has 0 atom stereocenters. The molecular weight excluding hydrogens is 218 g/mol. The molecule has 0 radical (unpaired) electrons. The third-order valence-electron chi connectivity index (χ3n) is 2.03. The molecule has 0 aliphatic rings. The molecule has 0 aliphatic carbocycles. The van der Waals surface area contributed by atoms with Crippen molar-refractivity contribution in [1.82, 2.24) is 4.98 Å². The number of H-pyrrole nitrogens is 1. The molecule has 15 heavy (non-hydrogen) atoms. The van der Waals surface area contributed by atoms with Crippen LogP contribution >= 0.6 is 12.9 Å². The predicted octanol–water partition coefficient (Wildman–Crippen LogP) is 1.80. The monoisotopic (exact) mass is 225 g/mol. The first kappa shape index (κ1) is 9.72. The number of rotatable bonds is 2. The van der Waals surface area contributed by atoms with Gasteiger partial charge in [0.1, 0.15) is 5.69 Å². The SMILES string of the molecule is O=C(O)c1cc2cc(O)c(OS)cc2[nH]1. The largest absolute Gasteiger partial charge is 0.504 e. The number of thiol groups is 1. The number of nitrogens with one attached hydrogen (secondary N) is 1. The standard InChI is InChI=1S/C9H7NO4S/c11-7-2-4-1-6(9(12)13)10-5(4)3-8(7)14-15/h1-3,10-11,15H,(H,12,13). The Labute approximate surface area is 89.9 Å². The molecule has 1 heterocycles. The van der Waals surface area contributed by atoms with Crippen LogP contribution in [-0.4, -0.2) is 21.2 Å². The Morgan fingerprint density at radius 2 is 2.13 bits per heavy atom. The van der Waals surface area contributed by atoms with Crippen molar-refractivity contribution < 1.29 is 19.2 Å². The second-order valence-electron chi connectivity index (χ2n) is 2.99. The molecule has 0 saturated heterocycles. The van der Waals surface area contributed by atoms with Gasteiger partial charge in [-0.05, 0) is 12.1 Å². The number of aromatic nitrogens is 1. The summed E-state index contributed by atoms with van der Waals surface area (Å²) >= 11 is 3.56. The van der Waals surface area contributed by atoms with Gasteiger partial charge < -0.3 is 19.4 Å². The van der Waals surface area contributed by atoms with Crippen molar-refractivity contribution in [3.05, 3.63) is 23.9 Å². The Morgan fingerprint density at radius 3 is 2.73 bits per heavy atom. The Morgan fingerprint density at radius 1 is 1.40 bits per heavy atom. The lowest BCUT2D eigenvalue weighted by Gasteiger charge is -2.00. The molecule has 0 fully saturated rings. The average molecular weight is 225 g/mol. The van der Waals surface area contributed by atoms with E-state index < -0.39 is 5.97 Å². The number of benzene rings is 1. The molecule has 3 N–H and O–H groups in total. The minimum atomic E-state index is -1.06. The van der Waals surface area contributed by atoms with Crippen LogP contribution in [0.25, 0.3) is 10.9 Å². The molecule has 1 aromatic carbocycles. The van der Waals surface area contributed by atoms with Gasteiger partial charge in [-0.2, -0.15) is 0 Å². The van der Waals surface area contributed by atoms with E-state index >= 15 is 0 Å². The van der Waals surface area contributed by atoms with Crippen LogP contribution in [0.3, 0.4) is 0 Å². The molecule has 0 unspecified atom stereocenters. The van der Waals surface area contributed by atoms with E-state index in [4.69, 9.17) is 5.11 Å². The second-order valence-corrected chi connectivity index (χ2v) is 3.17. The molecule has 5 nitrogen and oxygen atoms in total. The zero-order valence-electron chi connectivity index (χ0n) is 7.39. The van der Waals surface area contributed by atoms with Crippen LogP contribution in [0.2, 0.25) is 0 Å². The lowest BCUT2D eigenvalue weighted by atomic mass is 10.2. The van der Waals surface area contributed by atoms with Crippen molar-refractivity contribution in [1.29, 1.82) is 0 Å². The average Bonchev–Trinajstić information content (AvgIpc) is 2.59. The van der Waals surface area contributed by atoms with Gasteiger partial charge >= 0.3 is 5.97 Å². The predicted molar refractivity (Wildman–Crippen MR) is 56.5 cm³/mol. The fourth-order valence-electron chi connectivity index (χ4n) is 1.34. The fraction of sp³-hybridized carbons (Fsp3) is 0. The highest BCUT2D eigenvalue weighted by Crippen LogP contribution is 2.32. The zero-order valence-corrected chi connectivity index (χ0v) is 8.28. The number of carbonyl (C=O) groups is 1. The van der Waals surface area contributed by atoms with E-state index in [-0.39, 0.29) is 17.2 Å². The normalized spacial score (nSPS) is 10.5. The minimum Gasteiger partial charge on any atom is -0.504 e. The maximum atomic E-state index is 10.7. The number of phenolic OH excluding ortho intramolecular Hbond substituents is 1. The molecule has 0 saturated carbocycles. The highest BCUT2D eigenvalue weighted by molar-refractivity contribution is 7.75. The van der Waals surface area contributed by atoms with Crippen LogP contribution in [0.4, 0.5) is 0 Å². The summed E-state index contributed by atoms with van der Waals surface area (Å²) in [6, 6.07) is 4.31. The van der Waals surface area contributed by atoms with Crippen molar-refractivity contribution in [3.8, 4) is 11.5 Å². The summed E-state index contributed by atoms with van der Waals surface area (Å²) in [4.78, 5) is 13.3. The van der Waals surface area contributed by atoms with Crippen molar-refractivity contribution in [3.63, 3.8) is 0 Å². The molecule has 1 aromatic heterocycles.